The lowest BCUT2D eigenvalue weighted by molar-refractivity contribution is -0.147. The molecule has 0 bridgehead atoms. The number of fused-ring (bicyclic) bond motifs is 1. The predicted octanol–water partition coefficient (Wildman–Crippen LogP) is 1.52. The van der Waals surface area contributed by atoms with E-state index in [4.69, 9.17) is 4.74 Å². The van der Waals surface area contributed by atoms with E-state index in [-0.39, 0.29) is 0 Å². The van der Waals surface area contributed by atoms with Gasteiger partial charge in [0.05, 0.1) is 18.5 Å². The van der Waals surface area contributed by atoms with E-state index in [9.17, 15) is 9.90 Å². The number of aliphatic carboxylic acids is 1. The van der Waals surface area contributed by atoms with Crippen LogP contribution in [0.25, 0.3) is 0 Å². The molecule has 0 atom stereocenters. The van der Waals surface area contributed by atoms with Crippen LogP contribution in [0.2, 0.25) is 0 Å². The number of hydrogen-bond donors (Lipinski definition) is 1. The van der Waals surface area contributed by atoms with Crippen LogP contribution < -0.4 is 4.74 Å². The van der Waals surface area contributed by atoms with Gasteiger partial charge in [0.2, 0.25) is 0 Å². The molecule has 0 unspecified atom stereocenters. The second kappa shape index (κ2) is 3.20. The molecular formula is C12H13NO3. The molecule has 1 aliphatic carbocycles. The van der Waals surface area contributed by atoms with Crippen LogP contribution in [0.3, 0.4) is 0 Å². The highest BCUT2D eigenvalue weighted by Crippen LogP contribution is 2.44. The summed E-state index contributed by atoms with van der Waals surface area (Å²) in [5.74, 6) is 0.0636. The minimum atomic E-state index is -0.745. The van der Waals surface area contributed by atoms with Gasteiger partial charge >= 0.3 is 5.97 Å². The van der Waals surface area contributed by atoms with Gasteiger partial charge < -0.3 is 9.84 Å². The van der Waals surface area contributed by atoms with E-state index >= 15 is 0 Å². The van der Waals surface area contributed by atoms with E-state index in [0.29, 0.717) is 25.1 Å². The second-order valence-corrected chi connectivity index (χ2v) is 4.52. The SMILES string of the molecule is O=C(O)C1(c2cc3c(cn2)OCC3)CCC1. The number of carboxylic acid groups (broad SMARTS) is 1. The van der Waals surface area contributed by atoms with Crippen LogP contribution in [-0.4, -0.2) is 22.7 Å². The number of carboxylic acids is 1. The fraction of sp³-hybridized carbons (Fsp3) is 0.500. The van der Waals surface area contributed by atoms with Gasteiger partial charge in [0.15, 0.2) is 0 Å². The molecule has 0 spiro atoms. The second-order valence-electron chi connectivity index (χ2n) is 4.52. The van der Waals surface area contributed by atoms with E-state index in [1.807, 2.05) is 6.07 Å². The fourth-order valence-corrected chi connectivity index (χ4v) is 2.45. The number of pyridine rings is 1. The third-order valence-electron chi connectivity index (χ3n) is 3.68. The van der Waals surface area contributed by atoms with Crippen molar-refractivity contribution in [2.75, 3.05) is 6.61 Å². The summed E-state index contributed by atoms with van der Waals surface area (Å²) in [6.07, 6.45) is 4.91. The first-order valence-corrected chi connectivity index (χ1v) is 5.58. The molecule has 1 aromatic heterocycles. The van der Waals surface area contributed by atoms with Gasteiger partial charge in [-0.15, -0.1) is 0 Å². The Morgan fingerprint density at radius 3 is 2.94 bits per heavy atom. The van der Waals surface area contributed by atoms with Crippen LogP contribution >= 0.6 is 0 Å². The van der Waals surface area contributed by atoms with Gasteiger partial charge in [-0.3, -0.25) is 9.78 Å². The average molecular weight is 219 g/mol. The molecule has 0 saturated heterocycles. The highest BCUT2D eigenvalue weighted by Gasteiger charge is 2.47. The van der Waals surface area contributed by atoms with Crippen molar-refractivity contribution in [1.29, 1.82) is 0 Å². The Kier molecular flexibility index (Phi) is 1.93. The van der Waals surface area contributed by atoms with Crippen molar-refractivity contribution in [2.24, 2.45) is 0 Å². The van der Waals surface area contributed by atoms with Crippen molar-refractivity contribution in [3.05, 3.63) is 23.5 Å². The monoisotopic (exact) mass is 219 g/mol. The summed E-state index contributed by atoms with van der Waals surface area (Å²) >= 11 is 0. The minimum absolute atomic E-state index is 0.681. The molecule has 1 saturated carbocycles. The van der Waals surface area contributed by atoms with Crippen LogP contribution in [-0.2, 0) is 16.6 Å². The maximum Gasteiger partial charge on any atom is 0.315 e. The average Bonchev–Trinajstić information content (AvgIpc) is 2.62. The van der Waals surface area contributed by atoms with E-state index < -0.39 is 11.4 Å². The standard InChI is InChI=1S/C12H13NO3/c14-11(15)12(3-1-4-12)10-6-8-2-5-16-9(8)7-13-10/h6-7H,1-5H2,(H,14,15). The summed E-state index contributed by atoms with van der Waals surface area (Å²) in [7, 11) is 0. The Morgan fingerprint density at radius 2 is 2.31 bits per heavy atom. The Balaban J connectivity index is 2.03. The zero-order valence-corrected chi connectivity index (χ0v) is 8.90. The predicted molar refractivity (Wildman–Crippen MR) is 56.6 cm³/mol. The Labute approximate surface area is 93.3 Å². The molecule has 1 fully saturated rings. The smallest absolute Gasteiger partial charge is 0.315 e. The van der Waals surface area contributed by atoms with Gasteiger partial charge in [-0.2, -0.15) is 0 Å². The highest BCUT2D eigenvalue weighted by molar-refractivity contribution is 5.82. The first-order valence-electron chi connectivity index (χ1n) is 5.58. The summed E-state index contributed by atoms with van der Waals surface area (Å²) in [6.45, 7) is 0.681. The molecule has 2 heterocycles. The summed E-state index contributed by atoms with van der Waals surface area (Å²) in [5, 5.41) is 9.31. The molecule has 3 rings (SSSR count). The maximum atomic E-state index is 11.3. The van der Waals surface area contributed by atoms with Gasteiger partial charge in [-0.1, -0.05) is 6.42 Å². The van der Waals surface area contributed by atoms with Crippen LogP contribution in [0.4, 0.5) is 0 Å². The zero-order chi connectivity index (χ0) is 11.2. The summed E-state index contributed by atoms with van der Waals surface area (Å²) in [6, 6.07) is 1.91. The molecule has 0 amide bonds. The van der Waals surface area contributed by atoms with E-state index in [2.05, 4.69) is 4.98 Å². The molecular weight excluding hydrogens is 206 g/mol. The Bertz CT molecular complexity index is 452. The number of hydrogen-bond acceptors (Lipinski definition) is 3. The number of nitrogens with zero attached hydrogens (tertiary/aromatic N) is 1. The van der Waals surface area contributed by atoms with E-state index in [1.54, 1.807) is 6.20 Å². The third kappa shape index (κ3) is 1.16. The first kappa shape index (κ1) is 9.63. The minimum Gasteiger partial charge on any atom is -0.491 e. The van der Waals surface area contributed by atoms with Crippen molar-refractivity contribution in [2.45, 2.75) is 31.1 Å². The van der Waals surface area contributed by atoms with Gasteiger partial charge in [0.25, 0.3) is 0 Å². The van der Waals surface area contributed by atoms with Gasteiger partial charge in [-0.25, -0.2) is 0 Å². The molecule has 4 nitrogen and oxygen atoms in total. The molecule has 1 aliphatic heterocycles. The van der Waals surface area contributed by atoms with Crippen LogP contribution in [0, 0.1) is 0 Å². The number of rotatable bonds is 2. The lowest BCUT2D eigenvalue weighted by Gasteiger charge is -2.37. The van der Waals surface area contributed by atoms with Crippen LogP contribution in [0.15, 0.2) is 12.3 Å². The van der Waals surface area contributed by atoms with Crippen LogP contribution in [0.5, 0.6) is 5.75 Å². The Hall–Kier alpha value is -1.58. The summed E-state index contributed by atoms with van der Waals surface area (Å²) < 4.78 is 5.37. The van der Waals surface area contributed by atoms with Crippen molar-refractivity contribution in [3.63, 3.8) is 0 Å². The molecule has 2 aliphatic rings. The molecule has 84 valence electrons. The lowest BCUT2D eigenvalue weighted by atomic mass is 9.66. The molecule has 0 radical (unpaired) electrons. The zero-order valence-electron chi connectivity index (χ0n) is 8.90. The van der Waals surface area contributed by atoms with Crippen molar-refractivity contribution in [1.82, 2.24) is 4.98 Å². The lowest BCUT2D eigenvalue weighted by Crippen LogP contribution is -2.43. The van der Waals surface area contributed by atoms with E-state index in [0.717, 1.165) is 24.2 Å². The third-order valence-corrected chi connectivity index (χ3v) is 3.68. The largest absolute Gasteiger partial charge is 0.491 e. The fourth-order valence-electron chi connectivity index (χ4n) is 2.45. The number of aromatic nitrogens is 1. The molecule has 4 heteroatoms. The van der Waals surface area contributed by atoms with Crippen molar-refractivity contribution in [3.8, 4) is 5.75 Å². The first-order chi connectivity index (χ1) is 7.72. The summed E-state index contributed by atoms with van der Waals surface area (Å²) in [4.78, 5) is 15.6. The molecule has 1 N–H and O–H groups in total. The van der Waals surface area contributed by atoms with Gasteiger partial charge in [0.1, 0.15) is 11.2 Å². The van der Waals surface area contributed by atoms with Gasteiger partial charge in [-0.05, 0) is 18.9 Å². The van der Waals surface area contributed by atoms with Gasteiger partial charge in [0, 0.05) is 12.0 Å². The molecule has 16 heavy (non-hydrogen) atoms. The van der Waals surface area contributed by atoms with E-state index in [1.165, 1.54) is 0 Å². The van der Waals surface area contributed by atoms with Crippen molar-refractivity contribution >= 4 is 5.97 Å². The normalized spacial score (nSPS) is 20.8. The molecule has 0 aromatic carbocycles. The maximum absolute atomic E-state index is 11.3. The quantitative estimate of drug-likeness (QED) is 0.819. The number of carbonyl (C=O) groups is 1. The summed E-state index contributed by atoms with van der Waals surface area (Å²) in [5.41, 5.74) is 1.07. The topological polar surface area (TPSA) is 59.4 Å². The Morgan fingerprint density at radius 1 is 1.50 bits per heavy atom. The number of ether oxygens (including phenoxy) is 1. The van der Waals surface area contributed by atoms with Crippen molar-refractivity contribution < 1.29 is 14.6 Å². The molecule has 1 aromatic rings. The highest BCUT2D eigenvalue weighted by atomic mass is 16.5. The van der Waals surface area contributed by atoms with Crippen LogP contribution in [0.1, 0.15) is 30.5 Å².